The van der Waals surface area contributed by atoms with E-state index in [9.17, 15) is 13.2 Å². The van der Waals surface area contributed by atoms with Gasteiger partial charge < -0.3 is 10.1 Å². The molecular formula is C23H31N3O4S. The van der Waals surface area contributed by atoms with E-state index in [1.807, 2.05) is 24.3 Å². The predicted octanol–water partition coefficient (Wildman–Crippen LogP) is 2.90. The minimum Gasteiger partial charge on any atom is -0.497 e. The second kappa shape index (κ2) is 10.3. The fraction of sp³-hybridized carbons (Fsp3) is 0.435. The molecule has 1 N–H and O–H groups in total. The van der Waals surface area contributed by atoms with E-state index >= 15 is 0 Å². The minimum absolute atomic E-state index is 0.0452. The van der Waals surface area contributed by atoms with Crippen LogP contribution in [0.2, 0.25) is 0 Å². The highest BCUT2D eigenvalue weighted by atomic mass is 32.2. The van der Waals surface area contributed by atoms with Crippen molar-refractivity contribution < 1.29 is 17.9 Å². The first-order valence-corrected chi connectivity index (χ1v) is 12.0. The third-order valence-corrected chi connectivity index (χ3v) is 7.47. The normalized spacial score (nSPS) is 16.1. The number of rotatable bonds is 8. The van der Waals surface area contributed by atoms with E-state index in [1.165, 1.54) is 32.6 Å². The molecule has 1 fully saturated rings. The Balaban J connectivity index is 1.77. The lowest BCUT2D eigenvalue weighted by atomic mass is 10.0. The number of nitrogens with one attached hydrogen (secondary N) is 1. The maximum atomic E-state index is 12.9. The lowest BCUT2D eigenvalue weighted by Gasteiger charge is -2.35. The highest BCUT2D eigenvalue weighted by molar-refractivity contribution is 7.89. The molecule has 0 aromatic heterocycles. The molecule has 0 saturated carbocycles. The second-order valence-corrected chi connectivity index (χ2v) is 10.1. The van der Waals surface area contributed by atoms with Crippen LogP contribution in [0, 0.1) is 0 Å². The van der Waals surface area contributed by atoms with E-state index in [2.05, 4.69) is 10.2 Å². The van der Waals surface area contributed by atoms with Gasteiger partial charge in [-0.15, -0.1) is 0 Å². The second-order valence-electron chi connectivity index (χ2n) is 7.91. The maximum absolute atomic E-state index is 12.9. The molecule has 1 aliphatic heterocycles. The van der Waals surface area contributed by atoms with Gasteiger partial charge in [-0.3, -0.25) is 9.69 Å². The molecule has 168 valence electrons. The SMILES string of the molecule is COc1ccc([C@@H](CNC(=O)c2cccc(S(=O)(=O)N(C)C)c2)N2CCCCC2)cc1. The molecule has 1 saturated heterocycles. The number of nitrogens with zero attached hydrogens (tertiary/aromatic N) is 2. The van der Waals surface area contributed by atoms with Crippen LogP contribution >= 0.6 is 0 Å². The number of hydrogen-bond acceptors (Lipinski definition) is 5. The standard InChI is InChI=1S/C23H31N3O4S/c1-25(2)31(28,29)21-9-7-8-19(16-21)23(27)24-17-22(26-14-5-4-6-15-26)18-10-12-20(30-3)13-11-18/h7-13,16,22H,4-6,14-15,17H2,1-3H3,(H,24,27)/t22-/m1/s1. The molecule has 31 heavy (non-hydrogen) atoms. The van der Waals surface area contributed by atoms with Gasteiger partial charge in [-0.1, -0.05) is 24.6 Å². The molecule has 1 atom stereocenters. The highest BCUT2D eigenvalue weighted by Gasteiger charge is 2.24. The van der Waals surface area contributed by atoms with E-state index in [0.29, 0.717) is 12.1 Å². The van der Waals surface area contributed by atoms with Crippen molar-refractivity contribution in [3.05, 3.63) is 59.7 Å². The van der Waals surface area contributed by atoms with Crippen LogP contribution in [0.5, 0.6) is 5.75 Å². The van der Waals surface area contributed by atoms with Crippen molar-refractivity contribution in [3.8, 4) is 5.75 Å². The Bertz CT molecular complexity index is 984. The van der Waals surface area contributed by atoms with Crippen molar-refractivity contribution in [2.75, 3.05) is 40.8 Å². The first kappa shape index (κ1) is 23.2. The molecule has 1 amide bonds. The van der Waals surface area contributed by atoms with Gasteiger partial charge in [-0.05, 0) is 61.8 Å². The van der Waals surface area contributed by atoms with Crippen molar-refractivity contribution in [1.82, 2.24) is 14.5 Å². The molecule has 7 nitrogen and oxygen atoms in total. The summed E-state index contributed by atoms with van der Waals surface area (Å²) in [5.74, 6) is 0.510. The number of benzene rings is 2. The Hall–Kier alpha value is -2.42. The molecular weight excluding hydrogens is 414 g/mol. The summed E-state index contributed by atoms with van der Waals surface area (Å²) in [6.07, 6.45) is 3.52. The lowest BCUT2D eigenvalue weighted by molar-refractivity contribution is 0.0924. The fourth-order valence-electron chi connectivity index (χ4n) is 3.81. The number of sulfonamides is 1. The number of likely N-dealkylation sites (tertiary alicyclic amines) is 1. The van der Waals surface area contributed by atoms with E-state index in [1.54, 1.807) is 19.2 Å². The van der Waals surface area contributed by atoms with Crippen LogP contribution in [0.25, 0.3) is 0 Å². The average molecular weight is 446 g/mol. The van der Waals surface area contributed by atoms with Gasteiger partial charge in [0.05, 0.1) is 18.0 Å². The maximum Gasteiger partial charge on any atom is 0.251 e. The van der Waals surface area contributed by atoms with Crippen LogP contribution in [0.1, 0.15) is 41.2 Å². The van der Waals surface area contributed by atoms with Gasteiger partial charge in [-0.25, -0.2) is 12.7 Å². The van der Waals surface area contributed by atoms with Crippen LogP contribution in [-0.2, 0) is 10.0 Å². The van der Waals surface area contributed by atoms with E-state index in [0.717, 1.165) is 41.5 Å². The van der Waals surface area contributed by atoms with Gasteiger partial charge in [0, 0.05) is 26.2 Å². The van der Waals surface area contributed by atoms with Crippen molar-refractivity contribution >= 4 is 15.9 Å². The van der Waals surface area contributed by atoms with Crippen molar-refractivity contribution in [3.63, 3.8) is 0 Å². The van der Waals surface area contributed by atoms with Gasteiger partial charge in [0.15, 0.2) is 0 Å². The summed E-state index contributed by atoms with van der Waals surface area (Å²) >= 11 is 0. The van der Waals surface area contributed by atoms with Gasteiger partial charge in [0.25, 0.3) is 5.91 Å². The monoisotopic (exact) mass is 445 g/mol. The van der Waals surface area contributed by atoms with Gasteiger partial charge >= 0.3 is 0 Å². The number of amides is 1. The van der Waals surface area contributed by atoms with Crippen LogP contribution < -0.4 is 10.1 Å². The summed E-state index contributed by atoms with van der Waals surface area (Å²) in [6.45, 7) is 2.42. The summed E-state index contributed by atoms with van der Waals surface area (Å²) in [4.78, 5) is 15.4. The lowest BCUT2D eigenvalue weighted by Crippen LogP contribution is -2.40. The van der Waals surface area contributed by atoms with Crippen LogP contribution in [0.3, 0.4) is 0 Å². The molecule has 0 spiro atoms. The molecule has 0 aliphatic carbocycles. The number of carbonyl (C=O) groups excluding carboxylic acids is 1. The van der Waals surface area contributed by atoms with E-state index in [-0.39, 0.29) is 16.8 Å². The summed E-state index contributed by atoms with van der Waals surface area (Å²) < 4.78 is 31.2. The Morgan fingerprint density at radius 1 is 1.10 bits per heavy atom. The number of ether oxygens (including phenoxy) is 1. The fourth-order valence-corrected chi connectivity index (χ4v) is 4.76. The molecule has 1 heterocycles. The third-order valence-electron chi connectivity index (χ3n) is 5.66. The molecule has 2 aromatic carbocycles. The topological polar surface area (TPSA) is 78.9 Å². The molecule has 0 radical (unpaired) electrons. The Kier molecular flexibility index (Phi) is 7.69. The zero-order chi connectivity index (χ0) is 22.4. The van der Waals surface area contributed by atoms with Crippen molar-refractivity contribution in [1.29, 1.82) is 0 Å². The van der Waals surface area contributed by atoms with Crippen LogP contribution in [0.15, 0.2) is 53.4 Å². The Morgan fingerprint density at radius 2 is 1.77 bits per heavy atom. The van der Waals surface area contributed by atoms with E-state index < -0.39 is 10.0 Å². The summed E-state index contributed by atoms with van der Waals surface area (Å²) in [7, 11) is 0.988. The summed E-state index contributed by atoms with van der Waals surface area (Å²) in [5, 5.41) is 3.01. The Labute approximate surface area is 185 Å². The summed E-state index contributed by atoms with van der Waals surface area (Å²) in [6, 6.07) is 14.1. The highest BCUT2D eigenvalue weighted by Crippen LogP contribution is 2.26. The largest absolute Gasteiger partial charge is 0.497 e. The zero-order valence-electron chi connectivity index (χ0n) is 18.4. The van der Waals surface area contributed by atoms with Gasteiger partial charge in [0.1, 0.15) is 5.75 Å². The Morgan fingerprint density at radius 3 is 2.39 bits per heavy atom. The zero-order valence-corrected chi connectivity index (χ0v) is 19.2. The quantitative estimate of drug-likeness (QED) is 0.676. The minimum atomic E-state index is -3.60. The molecule has 3 rings (SSSR count). The molecule has 1 aliphatic rings. The predicted molar refractivity (Wildman–Crippen MR) is 121 cm³/mol. The van der Waals surface area contributed by atoms with Gasteiger partial charge in [0.2, 0.25) is 10.0 Å². The molecule has 2 aromatic rings. The molecule has 8 heteroatoms. The third kappa shape index (κ3) is 5.64. The number of methoxy groups -OCH3 is 1. The van der Waals surface area contributed by atoms with Crippen molar-refractivity contribution in [2.45, 2.75) is 30.2 Å². The molecule has 0 bridgehead atoms. The summed E-state index contributed by atoms with van der Waals surface area (Å²) in [5.41, 5.74) is 1.45. The van der Waals surface area contributed by atoms with Crippen molar-refractivity contribution in [2.24, 2.45) is 0 Å². The smallest absolute Gasteiger partial charge is 0.251 e. The van der Waals surface area contributed by atoms with Crippen LogP contribution in [0.4, 0.5) is 0 Å². The molecule has 0 unspecified atom stereocenters. The first-order chi connectivity index (χ1) is 14.8. The number of carbonyl (C=O) groups is 1. The average Bonchev–Trinajstić information content (AvgIpc) is 2.80. The van der Waals surface area contributed by atoms with Crippen LogP contribution in [-0.4, -0.2) is 64.4 Å². The first-order valence-electron chi connectivity index (χ1n) is 10.5. The number of piperidine rings is 1. The van der Waals surface area contributed by atoms with E-state index in [4.69, 9.17) is 4.74 Å². The number of hydrogen-bond donors (Lipinski definition) is 1. The van der Waals surface area contributed by atoms with Gasteiger partial charge in [-0.2, -0.15) is 0 Å².